The van der Waals surface area contributed by atoms with Crippen LogP contribution in [0.1, 0.15) is 34.1 Å². The van der Waals surface area contributed by atoms with Crippen LogP contribution in [0.15, 0.2) is 12.2 Å². The fraction of sp³-hybridized carbons (Fsp3) is 0.818. The van der Waals surface area contributed by atoms with E-state index in [-0.39, 0.29) is 0 Å². The molecular formula is C11H23NS. The van der Waals surface area contributed by atoms with Crippen molar-refractivity contribution in [3.05, 3.63) is 12.2 Å². The quantitative estimate of drug-likeness (QED) is 0.635. The smallest absolute Gasteiger partial charge is 0.0172 e. The van der Waals surface area contributed by atoms with Gasteiger partial charge in [-0.25, -0.2) is 0 Å². The second-order valence-corrected chi connectivity index (χ2v) is 5.24. The molecule has 0 aliphatic heterocycles. The molecule has 0 saturated carbocycles. The van der Waals surface area contributed by atoms with Crippen LogP contribution in [0.25, 0.3) is 0 Å². The third-order valence-electron chi connectivity index (χ3n) is 1.91. The predicted molar refractivity (Wildman–Crippen MR) is 64.5 cm³/mol. The summed E-state index contributed by atoms with van der Waals surface area (Å²) in [5.41, 5.74) is 1.30. The maximum atomic E-state index is 4.05. The van der Waals surface area contributed by atoms with Gasteiger partial charge in [0, 0.05) is 23.6 Å². The number of nitrogens with one attached hydrogen (secondary N) is 1. The van der Waals surface area contributed by atoms with E-state index >= 15 is 0 Å². The molecule has 2 heteroatoms. The van der Waals surface area contributed by atoms with Crippen molar-refractivity contribution in [2.45, 2.75) is 45.4 Å². The highest BCUT2D eigenvalue weighted by Crippen LogP contribution is 2.15. The van der Waals surface area contributed by atoms with E-state index < -0.39 is 0 Å². The maximum absolute atomic E-state index is 4.05. The first-order valence-electron chi connectivity index (χ1n) is 5.07. The lowest BCUT2D eigenvalue weighted by atomic mass is 10.3. The highest BCUT2D eigenvalue weighted by molar-refractivity contribution is 8.00. The van der Waals surface area contributed by atoms with E-state index in [9.17, 15) is 0 Å². The van der Waals surface area contributed by atoms with Crippen LogP contribution >= 0.6 is 11.8 Å². The molecule has 0 aliphatic carbocycles. The van der Waals surface area contributed by atoms with Gasteiger partial charge in [0.1, 0.15) is 0 Å². The molecule has 13 heavy (non-hydrogen) atoms. The third-order valence-corrected chi connectivity index (χ3v) is 3.38. The fourth-order valence-electron chi connectivity index (χ4n) is 0.777. The normalized spacial score (nSPS) is 13.3. The molecule has 1 atom stereocenters. The zero-order valence-corrected chi connectivity index (χ0v) is 10.2. The SMILES string of the molecule is C=C(CNC(C)C)CSC(C)CC. The van der Waals surface area contributed by atoms with Crippen molar-refractivity contribution >= 4 is 11.8 Å². The molecule has 78 valence electrons. The minimum atomic E-state index is 0.561. The Morgan fingerprint density at radius 3 is 2.46 bits per heavy atom. The van der Waals surface area contributed by atoms with Crippen molar-refractivity contribution in [3.8, 4) is 0 Å². The summed E-state index contributed by atoms with van der Waals surface area (Å²) in [5.74, 6) is 1.09. The number of hydrogen-bond donors (Lipinski definition) is 1. The number of hydrogen-bond acceptors (Lipinski definition) is 2. The lowest BCUT2D eigenvalue weighted by molar-refractivity contribution is 0.623. The molecule has 0 aromatic carbocycles. The van der Waals surface area contributed by atoms with E-state index in [2.05, 4.69) is 39.6 Å². The lowest BCUT2D eigenvalue weighted by Crippen LogP contribution is -2.25. The minimum Gasteiger partial charge on any atom is -0.311 e. The number of thioether (sulfide) groups is 1. The summed E-state index contributed by atoms with van der Waals surface area (Å²) in [7, 11) is 0. The molecule has 0 aliphatic rings. The Balaban J connectivity index is 3.40. The lowest BCUT2D eigenvalue weighted by Gasteiger charge is -2.12. The van der Waals surface area contributed by atoms with Gasteiger partial charge in [0.15, 0.2) is 0 Å². The van der Waals surface area contributed by atoms with Crippen molar-refractivity contribution in [1.82, 2.24) is 5.32 Å². The number of rotatable bonds is 7. The van der Waals surface area contributed by atoms with Gasteiger partial charge in [-0.1, -0.05) is 39.8 Å². The molecule has 0 fully saturated rings. The van der Waals surface area contributed by atoms with E-state index in [1.54, 1.807) is 0 Å². The summed E-state index contributed by atoms with van der Waals surface area (Å²) >= 11 is 2.00. The second kappa shape index (κ2) is 7.45. The van der Waals surface area contributed by atoms with Crippen molar-refractivity contribution < 1.29 is 0 Å². The second-order valence-electron chi connectivity index (χ2n) is 3.82. The van der Waals surface area contributed by atoms with E-state index in [1.807, 2.05) is 11.8 Å². The Morgan fingerprint density at radius 1 is 1.38 bits per heavy atom. The Hall–Kier alpha value is 0.0500. The van der Waals surface area contributed by atoms with Gasteiger partial charge in [-0.3, -0.25) is 0 Å². The zero-order chi connectivity index (χ0) is 10.3. The van der Waals surface area contributed by atoms with Gasteiger partial charge in [-0.15, -0.1) is 0 Å². The molecule has 0 aromatic rings. The van der Waals surface area contributed by atoms with Crippen molar-refractivity contribution in [1.29, 1.82) is 0 Å². The van der Waals surface area contributed by atoms with Crippen LogP contribution in [0.3, 0.4) is 0 Å². The zero-order valence-electron chi connectivity index (χ0n) is 9.39. The van der Waals surface area contributed by atoms with Gasteiger partial charge in [-0.05, 0) is 6.42 Å². The van der Waals surface area contributed by atoms with Gasteiger partial charge in [-0.2, -0.15) is 11.8 Å². The van der Waals surface area contributed by atoms with Crippen LogP contribution < -0.4 is 5.32 Å². The third kappa shape index (κ3) is 8.38. The Labute approximate surface area is 87.4 Å². The van der Waals surface area contributed by atoms with E-state index in [4.69, 9.17) is 0 Å². The molecule has 0 aromatic heterocycles. The largest absolute Gasteiger partial charge is 0.311 e. The molecule has 1 nitrogen and oxygen atoms in total. The van der Waals surface area contributed by atoms with Gasteiger partial charge in [0.2, 0.25) is 0 Å². The Morgan fingerprint density at radius 2 is 2.00 bits per heavy atom. The summed E-state index contributed by atoms with van der Waals surface area (Å²) in [6, 6.07) is 0.561. The van der Waals surface area contributed by atoms with Crippen molar-refractivity contribution in [2.75, 3.05) is 12.3 Å². The van der Waals surface area contributed by atoms with E-state index in [0.29, 0.717) is 6.04 Å². The predicted octanol–water partition coefficient (Wildman–Crippen LogP) is 3.07. The van der Waals surface area contributed by atoms with Crippen LogP contribution in [0.2, 0.25) is 0 Å². The van der Waals surface area contributed by atoms with Crippen LogP contribution in [-0.4, -0.2) is 23.6 Å². The molecule has 0 amide bonds. The van der Waals surface area contributed by atoms with Gasteiger partial charge < -0.3 is 5.32 Å². The van der Waals surface area contributed by atoms with Crippen molar-refractivity contribution in [2.24, 2.45) is 0 Å². The van der Waals surface area contributed by atoms with Crippen LogP contribution in [0, 0.1) is 0 Å². The van der Waals surface area contributed by atoms with Crippen LogP contribution in [0.5, 0.6) is 0 Å². The van der Waals surface area contributed by atoms with Gasteiger partial charge in [0.25, 0.3) is 0 Å². The molecule has 0 bridgehead atoms. The van der Waals surface area contributed by atoms with Gasteiger partial charge in [0.05, 0.1) is 0 Å². The summed E-state index contributed by atoms with van der Waals surface area (Å²) in [5, 5.41) is 4.13. The van der Waals surface area contributed by atoms with Crippen LogP contribution in [-0.2, 0) is 0 Å². The highest BCUT2D eigenvalue weighted by atomic mass is 32.2. The summed E-state index contributed by atoms with van der Waals surface area (Å²) in [6.45, 7) is 13.8. The first-order chi connectivity index (χ1) is 6.06. The Kier molecular flexibility index (Phi) is 7.48. The molecule has 1 N–H and O–H groups in total. The molecule has 0 heterocycles. The summed E-state index contributed by atoms with van der Waals surface area (Å²) in [4.78, 5) is 0. The maximum Gasteiger partial charge on any atom is 0.0172 e. The topological polar surface area (TPSA) is 12.0 Å². The Bertz CT molecular complexity index is 143. The van der Waals surface area contributed by atoms with Crippen LogP contribution in [0.4, 0.5) is 0 Å². The highest BCUT2D eigenvalue weighted by Gasteiger charge is 2.01. The minimum absolute atomic E-state index is 0.561. The van der Waals surface area contributed by atoms with E-state index in [1.165, 1.54) is 12.0 Å². The van der Waals surface area contributed by atoms with Gasteiger partial charge >= 0.3 is 0 Å². The fourth-order valence-corrected chi connectivity index (χ4v) is 1.64. The average Bonchev–Trinajstić information content (AvgIpc) is 2.10. The first-order valence-corrected chi connectivity index (χ1v) is 6.12. The van der Waals surface area contributed by atoms with E-state index in [0.717, 1.165) is 17.5 Å². The molecule has 0 spiro atoms. The first kappa shape index (κ1) is 13.1. The molecular weight excluding hydrogens is 178 g/mol. The molecule has 0 rings (SSSR count). The van der Waals surface area contributed by atoms with Crippen molar-refractivity contribution in [3.63, 3.8) is 0 Å². The molecule has 0 saturated heterocycles. The average molecular weight is 201 g/mol. The monoisotopic (exact) mass is 201 g/mol. The summed E-state index contributed by atoms with van der Waals surface area (Å²) in [6.07, 6.45) is 1.25. The standard InChI is InChI=1S/C11H23NS/c1-6-11(5)13-8-10(4)7-12-9(2)3/h9,11-12H,4,6-8H2,1-3,5H3. The molecule has 1 unspecified atom stereocenters. The molecule has 0 radical (unpaired) electrons. The summed E-state index contributed by atoms with van der Waals surface area (Å²) < 4.78 is 0.